The molecule has 5 heteroatoms. The van der Waals surface area contributed by atoms with Gasteiger partial charge in [0, 0.05) is 6.04 Å². The second-order valence-corrected chi connectivity index (χ2v) is 6.68. The van der Waals surface area contributed by atoms with E-state index in [-0.39, 0.29) is 17.9 Å². The summed E-state index contributed by atoms with van der Waals surface area (Å²) >= 11 is 0. The van der Waals surface area contributed by atoms with E-state index in [2.05, 4.69) is 17.6 Å². The summed E-state index contributed by atoms with van der Waals surface area (Å²) in [6.45, 7) is 7.76. The number of rotatable bonds is 8. The maximum Gasteiger partial charge on any atom is 0.265 e. The highest BCUT2D eigenvalue weighted by molar-refractivity contribution is 6.04. The molecule has 27 heavy (non-hydrogen) atoms. The zero-order chi connectivity index (χ0) is 19.8. The van der Waals surface area contributed by atoms with Gasteiger partial charge in [-0.25, -0.2) is 0 Å². The van der Waals surface area contributed by atoms with E-state index in [9.17, 15) is 9.59 Å². The van der Waals surface area contributed by atoms with E-state index >= 15 is 0 Å². The number of nitrogens with one attached hydrogen (secondary N) is 2. The zero-order valence-electron chi connectivity index (χ0n) is 16.4. The number of amides is 2. The Morgan fingerprint density at radius 1 is 1.00 bits per heavy atom. The van der Waals surface area contributed by atoms with E-state index in [0.29, 0.717) is 23.4 Å². The standard InChI is InChI=1S/C22H28N2O3/c1-5-16-11-13-17(14-12-16)27-20(6-2)22(26)24-19-10-8-7-9-18(19)21(25)23-15(3)4/h7-15,20H,5-6H2,1-4H3,(H,23,25)(H,24,26). The number of hydrogen-bond acceptors (Lipinski definition) is 3. The summed E-state index contributed by atoms with van der Waals surface area (Å²) in [5, 5.41) is 5.68. The average Bonchev–Trinajstić information content (AvgIpc) is 2.66. The van der Waals surface area contributed by atoms with E-state index in [0.717, 1.165) is 6.42 Å². The van der Waals surface area contributed by atoms with Gasteiger partial charge in [-0.2, -0.15) is 0 Å². The first-order chi connectivity index (χ1) is 12.9. The van der Waals surface area contributed by atoms with Gasteiger partial charge in [0.15, 0.2) is 6.10 Å². The molecule has 0 aromatic heterocycles. The van der Waals surface area contributed by atoms with Crippen LogP contribution in [0.1, 0.15) is 50.0 Å². The maximum atomic E-state index is 12.7. The minimum absolute atomic E-state index is 0.0130. The van der Waals surface area contributed by atoms with E-state index in [4.69, 9.17) is 4.74 Å². The first kappa shape index (κ1) is 20.5. The van der Waals surface area contributed by atoms with Crippen molar-refractivity contribution in [2.24, 2.45) is 0 Å². The fourth-order valence-corrected chi connectivity index (χ4v) is 2.63. The average molecular weight is 368 g/mol. The summed E-state index contributed by atoms with van der Waals surface area (Å²) in [5.74, 6) is 0.159. The monoisotopic (exact) mass is 368 g/mol. The number of para-hydroxylation sites is 1. The molecule has 1 unspecified atom stereocenters. The Labute approximate surface area is 161 Å². The van der Waals surface area contributed by atoms with Crippen molar-refractivity contribution < 1.29 is 14.3 Å². The predicted octanol–water partition coefficient (Wildman–Crippen LogP) is 4.18. The van der Waals surface area contributed by atoms with Crippen LogP contribution < -0.4 is 15.4 Å². The van der Waals surface area contributed by atoms with Crippen LogP contribution in [0.15, 0.2) is 48.5 Å². The highest BCUT2D eigenvalue weighted by Crippen LogP contribution is 2.19. The molecule has 5 nitrogen and oxygen atoms in total. The number of carbonyl (C=O) groups excluding carboxylic acids is 2. The van der Waals surface area contributed by atoms with Crippen LogP contribution >= 0.6 is 0 Å². The number of hydrogen-bond donors (Lipinski definition) is 2. The largest absolute Gasteiger partial charge is 0.481 e. The van der Waals surface area contributed by atoms with Gasteiger partial charge < -0.3 is 15.4 Å². The highest BCUT2D eigenvalue weighted by atomic mass is 16.5. The Morgan fingerprint density at radius 2 is 1.67 bits per heavy atom. The van der Waals surface area contributed by atoms with Gasteiger partial charge in [-0.3, -0.25) is 9.59 Å². The quantitative estimate of drug-likeness (QED) is 0.734. The molecular weight excluding hydrogens is 340 g/mol. The van der Waals surface area contributed by atoms with Crippen molar-refractivity contribution in [3.63, 3.8) is 0 Å². The number of benzene rings is 2. The third-order valence-electron chi connectivity index (χ3n) is 4.12. The van der Waals surface area contributed by atoms with E-state index in [1.807, 2.05) is 45.0 Å². The van der Waals surface area contributed by atoms with Crippen LogP contribution in [0, 0.1) is 0 Å². The number of aryl methyl sites for hydroxylation is 1. The van der Waals surface area contributed by atoms with Crippen LogP contribution in [0.2, 0.25) is 0 Å². The number of carbonyl (C=O) groups is 2. The maximum absolute atomic E-state index is 12.7. The molecule has 0 bridgehead atoms. The fraction of sp³-hybridized carbons (Fsp3) is 0.364. The summed E-state index contributed by atoms with van der Waals surface area (Å²) in [7, 11) is 0. The van der Waals surface area contributed by atoms with E-state index in [1.165, 1.54) is 5.56 Å². The van der Waals surface area contributed by atoms with Crippen LogP contribution in [0.25, 0.3) is 0 Å². The molecule has 0 aliphatic heterocycles. The number of ether oxygens (including phenoxy) is 1. The molecule has 0 fully saturated rings. The van der Waals surface area contributed by atoms with E-state index < -0.39 is 6.10 Å². The lowest BCUT2D eigenvalue weighted by Crippen LogP contribution is -2.34. The normalized spacial score (nSPS) is 11.7. The molecule has 2 aromatic rings. The van der Waals surface area contributed by atoms with Gasteiger partial charge >= 0.3 is 0 Å². The summed E-state index contributed by atoms with van der Waals surface area (Å²) in [6, 6.07) is 14.7. The Bertz CT molecular complexity index is 769. The molecule has 2 rings (SSSR count). The lowest BCUT2D eigenvalue weighted by Gasteiger charge is -2.19. The smallest absolute Gasteiger partial charge is 0.265 e. The first-order valence-corrected chi connectivity index (χ1v) is 9.40. The van der Waals surface area contributed by atoms with Crippen molar-refractivity contribution in [2.75, 3.05) is 5.32 Å². The minimum Gasteiger partial charge on any atom is -0.481 e. The Balaban J connectivity index is 2.11. The predicted molar refractivity (Wildman–Crippen MR) is 108 cm³/mol. The molecular formula is C22H28N2O3. The minimum atomic E-state index is -0.640. The summed E-state index contributed by atoms with van der Waals surface area (Å²) < 4.78 is 5.85. The van der Waals surface area contributed by atoms with Crippen molar-refractivity contribution >= 4 is 17.5 Å². The summed E-state index contributed by atoms with van der Waals surface area (Å²) in [6.07, 6.45) is 0.827. The topological polar surface area (TPSA) is 67.4 Å². The van der Waals surface area contributed by atoms with Crippen molar-refractivity contribution in [1.29, 1.82) is 0 Å². The van der Waals surface area contributed by atoms with Gasteiger partial charge in [-0.05, 0) is 56.5 Å². The van der Waals surface area contributed by atoms with Crippen molar-refractivity contribution in [1.82, 2.24) is 5.32 Å². The zero-order valence-corrected chi connectivity index (χ0v) is 16.4. The SMILES string of the molecule is CCc1ccc(OC(CC)C(=O)Nc2ccccc2C(=O)NC(C)C)cc1. The van der Waals surface area contributed by atoms with Crippen molar-refractivity contribution in [3.8, 4) is 5.75 Å². The molecule has 0 saturated carbocycles. The number of anilines is 1. The van der Waals surface area contributed by atoms with Gasteiger partial charge in [0.1, 0.15) is 5.75 Å². The van der Waals surface area contributed by atoms with Gasteiger partial charge in [0.05, 0.1) is 11.3 Å². The van der Waals surface area contributed by atoms with Crippen LogP contribution in [-0.2, 0) is 11.2 Å². The Morgan fingerprint density at radius 3 is 2.26 bits per heavy atom. The molecule has 2 amide bonds. The lowest BCUT2D eigenvalue weighted by atomic mass is 10.1. The van der Waals surface area contributed by atoms with E-state index in [1.54, 1.807) is 24.3 Å². The lowest BCUT2D eigenvalue weighted by molar-refractivity contribution is -0.122. The fourth-order valence-electron chi connectivity index (χ4n) is 2.63. The molecule has 0 heterocycles. The third kappa shape index (κ3) is 5.84. The van der Waals surface area contributed by atoms with Gasteiger partial charge in [-0.1, -0.05) is 38.1 Å². The first-order valence-electron chi connectivity index (χ1n) is 9.40. The molecule has 0 aliphatic rings. The van der Waals surface area contributed by atoms with Gasteiger partial charge in [-0.15, -0.1) is 0 Å². The molecule has 0 spiro atoms. The van der Waals surface area contributed by atoms with Crippen molar-refractivity contribution in [3.05, 3.63) is 59.7 Å². The Hall–Kier alpha value is -2.82. The molecule has 2 N–H and O–H groups in total. The molecule has 0 radical (unpaired) electrons. The molecule has 0 saturated heterocycles. The highest BCUT2D eigenvalue weighted by Gasteiger charge is 2.21. The van der Waals surface area contributed by atoms with Gasteiger partial charge in [0.2, 0.25) is 0 Å². The third-order valence-corrected chi connectivity index (χ3v) is 4.12. The summed E-state index contributed by atoms with van der Waals surface area (Å²) in [5.41, 5.74) is 2.12. The van der Waals surface area contributed by atoms with Crippen LogP contribution in [0.5, 0.6) is 5.75 Å². The van der Waals surface area contributed by atoms with Crippen LogP contribution in [0.3, 0.4) is 0 Å². The molecule has 144 valence electrons. The van der Waals surface area contributed by atoms with Crippen molar-refractivity contribution in [2.45, 2.75) is 52.7 Å². The van der Waals surface area contributed by atoms with Crippen LogP contribution in [-0.4, -0.2) is 24.0 Å². The molecule has 0 aliphatic carbocycles. The summed E-state index contributed by atoms with van der Waals surface area (Å²) in [4.78, 5) is 25.1. The Kier molecular flexibility index (Phi) is 7.41. The van der Waals surface area contributed by atoms with Crippen LogP contribution in [0.4, 0.5) is 5.69 Å². The van der Waals surface area contributed by atoms with Gasteiger partial charge in [0.25, 0.3) is 11.8 Å². The molecule has 1 atom stereocenters. The second kappa shape index (κ2) is 9.76. The molecule has 2 aromatic carbocycles. The second-order valence-electron chi connectivity index (χ2n) is 6.68.